The second kappa shape index (κ2) is 6.77. The molecule has 0 radical (unpaired) electrons. The lowest BCUT2D eigenvalue weighted by Crippen LogP contribution is -2.34. The average molecular weight is 268 g/mol. The molecule has 106 valence electrons. The highest BCUT2D eigenvalue weighted by molar-refractivity contribution is 5.92. The standard InChI is InChI=1S/C12H20N4O3/c1-12(2,3)19-11(18)14-7-4-6-13-10(17)9-5-8-15-16-9/h5,8H,4,6-7H2,1-3H3,(H,13,17)(H,14,18)(H,15,16). The molecular formula is C12H20N4O3. The third kappa shape index (κ3) is 6.44. The third-order valence-corrected chi connectivity index (χ3v) is 2.05. The minimum absolute atomic E-state index is 0.213. The number of hydrogen-bond acceptors (Lipinski definition) is 4. The topological polar surface area (TPSA) is 96.1 Å². The molecule has 0 aliphatic carbocycles. The number of carbonyl (C=O) groups is 2. The van der Waals surface area contributed by atoms with Crippen LogP contribution in [0.2, 0.25) is 0 Å². The molecule has 0 saturated heterocycles. The average Bonchev–Trinajstić information content (AvgIpc) is 2.79. The Morgan fingerprint density at radius 1 is 1.32 bits per heavy atom. The summed E-state index contributed by atoms with van der Waals surface area (Å²) in [7, 11) is 0. The Balaban J connectivity index is 2.09. The minimum atomic E-state index is -0.501. The van der Waals surface area contributed by atoms with Gasteiger partial charge in [0.25, 0.3) is 5.91 Å². The van der Waals surface area contributed by atoms with Crippen molar-refractivity contribution in [3.63, 3.8) is 0 Å². The normalized spacial score (nSPS) is 10.9. The van der Waals surface area contributed by atoms with Gasteiger partial charge in [-0.25, -0.2) is 4.79 Å². The maximum absolute atomic E-state index is 11.5. The lowest BCUT2D eigenvalue weighted by Gasteiger charge is -2.19. The second-order valence-corrected chi connectivity index (χ2v) is 5.01. The summed E-state index contributed by atoms with van der Waals surface area (Å²) < 4.78 is 5.07. The SMILES string of the molecule is CC(C)(C)OC(=O)NCCCNC(=O)c1ccn[nH]1. The monoisotopic (exact) mass is 268 g/mol. The molecule has 0 atom stereocenters. The zero-order chi connectivity index (χ0) is 14.3. The largest absolute Gasteiger partial charge is 0.444 e. The van der Waals surface area contributed by atoms with E-state index in [1.807, 2.05) is 0 Å². The van der Waals surface area contributed by atoms with Crippen LogP contribution in [0.5, 0.6) is 0 Å². The highest BCUT2D eigenvalue weighted by atomic mass is 16.6. The van der Waals surface area contributed by atoms with Crippen molar-refractivity contribution in [1.82, 2.24) is 20.8 Å². The van der Waals surface area contributed by atoms with Crippen LogP contribution in [-0.4, -0.2) is 40.9 Å². The van der Waals surface area contributed by atoms with Crippen LogP contribution >= 0.6 is 0 Å². The predicted octanol–water partition coefficient (Wildman–Crippen LogP) is 1.05. The fourth-order valence-corrected chi connectivity index (χ4v) is 1.27. The Bertz CT molecular complexity index is 409. The summed E-state index contributed by atoms with van der Waals surface area (Å²) in [6.45, 7) is 6.32. The number of nitrogens with one attached hydrogen (secondary N) is 3. The molecule has 0 unspecified atom stereocenters. The molecule has 0 fully saturated rings. The summed E-state index contributed by atoms with van der Waals surface area (Å²) in [4.78, 5) is 22.8. The predicted molar refractivity (Wildman–Crippen MR) is 69.8 cm³/mol. The van der Waals surface area contributed by atoms with Gasteiger partial charge in [-0.15, -0.1) is 0 Å². The molecule has 0 bridgehead atoms. The molecule has 7 nitrogen and oxygen atoms in total. The molecule has 19 heavy (non-hydrogen) atoms. The van der Waals surface area contributed by atoms with Crippen molar-refractivity contribution in [3.05, 3.63) is 18.0 Å². The summed E-state index contributed by atoms with van der Waals surface area (Å²) in [5.74, 6) is -0.213. The molecule has 0 saturated carbocycles. The van der Waals surface area contributed by atoms with Crippen molar-refractivity contribution >= 4 is 12.0 Å². The Kier molecular flexibility index (Phi) is 5.35. The zero-order valence-corrected chi connectivity index (χ0v) is 11.4. The van der Waals surface area contributed by atoms with Gasteiger partial charge < -0.3 is 15.4 Å². The zero-order valence-electron chi connectivity index (χ0n) is 11.4. The van der Waals surface area contributed by atoms with Gasteiger partial charge in [-0.3, -0.25) is 9.89 Å². The number of aromatic amines is 1. The van der Waals surface area contributed by atoms with Crippen LogP contribution in [0.4, 0.5) is 4.79 Å². The lowest BCUT2D eigenvalue weighted by atomic mass is 10.2. The van der Waals surface area contributed by atoms with Crippen LogP contribution < -0.4 is 10.6 Å². The van der Waals surface area contributed by atoms with Crippen molar-refractivity contribution in [2.45, 2.75) is 32.8 Å². The molecule has 0 spiro atoms. The van der Waals surface area contributed by atoms with Crippen LogP contribution in [0.25, 0.3) is 0 Å². The van der Waals surface area contributed by atoms with Gasteiger partial charge in [-0.05, 0) is 33.3 Å². The van der Waals surface area contributed by atoms with Crippen LogP contribution in [0.15, 0.2) is 12.3 Å². The van der Waals surface area contributed by atoms with Crippen molar-refractivity contribution in [2.75, 3.05) is 13.1 Å². The van der Waals surface area contributed by atoms with E-state index in [0.29, 0.717) is 25.2 Å². The fourth-order valence-electron chi connectivity index (χ4n) is 1.27. The van der Waals surface area contributed by atoms with E-state index in [-0.39, 0.29) is 5.91 Å². The fraction of sp³-hybridized carbons (Fsp3) is 0.583. The Labute approximate surface area is 112 Å². The summed E-state index contributed by atoms with van der Waals surface area (Å²) in [6.07, 6.45) is 1.69. The highest BCUT2D eigenvalue weighted by Crippen LogP contribution is 2.06. The van der Waals surface area contributed by atoms with Gasteiger partial charge in [0, 0.05) is 19.3 Å². The van der Waals surface area contributed by atoms with E-state index in [1.54, 1.807) is 26.8 Å². The Hall–Kier alpha value is -2.05. The maximum atomic E-state index is 11.5. The summed E-state index contributed by atoms with van der Waals surface area (Å²) >= 11 is 0. The Morgan fingerprint density at radius 3 is 2.58 bits per heavy atom. The van der Waals surface area contributed by atoms with E-state index in [9.17, 15) is 9.59 Å². The molecule has 1 aromatic heterocycles. The van der Waals surface area contributed by atoms with Gasteiger partial charge in [0.15, 0.2) is 0 Å². The van der Waals surface area contributed by atoms with Crippen LogP contribution in [0.1, 0.15) is 37.7 Å². The Morgan fingerprint density at radius 2 is 2.00 bits per heavy atom. The van der Waals surface area contributed by atoms with Crippen molar-refractivity contribution in [1.29, 1.82) is 0 Å². The highest BCUT2D eigenvalue weighted by Gasteiger charge is 2.15. The molecular weight excluding hydrogens is 248 g/mol. The van der Waals surface area contributed by atoms with E-state index in [1.165, 1.54) is 6.20 Å². The minimum Gasteiger partial charge on any atom is -0.444 e. The molecule has 0 aliphatic rings. The first-order chi connectivity index (χ1) is 8.88. The van der Waals surface area contributed by atoms with Gasteiger partial charge in [-0.2, -0.15) is 5.10 Å². The van der Waals surface area contributed by atoms with E-state index in [0.717, 1.165) is 0 Å². The number of nitrogens with zero attached hydrogens (tertiary/aromatic N) is 1. The van der Waals surface area contributed by atoms with Crippen LogP contribution in [-0.2, 0) is 4.74 Å². The van der Waals surface area contributed by atoms with Crippen molar-refractivity contribution in [3.8, 4) is 0 Å². The number of aromatic nitrogens is 2. The lowest BCUT2D eigenvalue weighted by molar-refractivity contribution is 0.0527. The quantitative estimate of drug-likeness (QED) is 0.695. The first-order valence-corrected chi connectivity index (χ1v) is 6.13. The molecule has 0 aromatic carbocycles. The van der Waals surface area contributed by atoms with Crippen LogP contribution in [0, 0.1) is 0 Å². The van der Waals surface area contributed by atoms with E-state index in [4.69, 9.17) is 4.74 Å². The number of rotatable bonds is 5. The third-order valence-electron chi connectivity index (χ3n) is 2.05. The number of carbonyl (C=O) groups excluding carboxylic acids is 2. The summed E-state index contributed by atoms with van der Waals surface area (Å²) in [5, 5.41) is 11.6. The second-order valence-electron chi connectivity index (χ2n) is 5.01. The smallest absolute Gasteiger partial charge is 0.407 e. The molecule has 1 rings (SSSR count). The van der Waals surface area contributed by atoms with Crippen molar-refractivity contribution < 1.29 is 14.3 Å². The summed E-state index contributed by atoms with van der Waals surface area (Å²) in [5.41, 5.74) is -0.0843. The number of alkyl carbamates (subject to hydrolysis) is 1. The van der Waals surface area contributed by atoms with Gasteiger partial charge in [-0.1, -0.05) is 0 Å². The van der Waals surface area contributed by atoms with E-state index in [2.05, 4.69) is 20.8 Å². The molecule has 0 aliphatic heterocycles. The first-order valence-electron chi connectivity index (χ1n) is 6.13. The first kappa shape index (κ1) is 15.0. The number of hydrogen-bond donors (Lipinski definition) is 3. The van der Waals surface area contributed by atoms with Gasteiger partial charge in [0.2, 0.25) is 0 Å². The molecule has 1 heterocycles. The van der Waals surface area contributed by atoms with Crippen molar-refractivity contribution in [2.24, 2.45) is 0 Å². The molecule has 1 aromatic rings. The van der Waals surface area contributed by atoms with E-state index >= 15 is 0 Å². The van der Waals surface area contributed by atoms with Gasteiger partial charge in [0.05, 0.1) is 0 Å². The summed E-state index contributed by atoms with van der Waals surface area (Å²) in [6, 6.07) is 1.59. The molecule has 7 heteroatoms. The van der Waals surface area contributed by atoms with Gasteiger partial charge in [0.1, 0.15) is 11.3 Å². The van der Waals surface area contributed by atoms with Crippen LogP contribution in [0.3, 0.4) is 0 Å². The van der Waals surface area contributed by atoms with Gasteiger partial charge >= 0.3 is 6.09 Å². The molecule has 3 N–H and O–H groups in total. The van der Waals surface area contributed by atoms with E-state index < -0.39 is 11.7 Å². The number of ether oxygens (including phenoxy) is 1. The maximum Gasteiger partial charge on any atom is 0.407 e. The molecule has 2 amide bonds. The number of H-pyrrole nitrogens is 1. The number of amides is 2.